The third-order valence-electron chi connectivity index (χ3n) is 8.28. The van der Waals surface area contributed by atoms with Crippen molar-refractivity contribution in [1.29, 1.82) is 0 Å². The number of carbonyl (C=O) groups is 2. The van der Waals surface area contributed by atoms with Crippen LogP contribution >= 0.6 is 0 Å². The van der Waals surface area contributed by atoms with Crippen LogP contribution in [0.25, 0.3) is 0 Å². The molecule has 0 rings (SSSR count). The average molecular weight is 565 g/mol. The Balaban J connectivity index is 3.26. The molecule has 0 aromatic heterocycles. The van der Waals surface area contributed by atoms with Gasteiger partial charge in [0.15, 0.2) is 0 Å². The van der Waals surface area contributed by atoms with Gasteiger partial charge < -0.3 is 10.6 Å². The van der Waals surface area contributed by atoms with E-state index in [1.54, 1.807) is 0 Å². The van der Waals surface area contributed by atoms with Crippen molar-refractivity contribution in [1.82, 2.24) is 10.6 Å². The first-order chi connectivity index (χ1) is 19.7. The largest absolute Gasteiger partial charge is 0.354 e. The van der Waals surface area contributed by atoms with E-state index in [4.69, 9.17) is 0 Å². The van der Waals surface area contributed by atoms with E-state index in [0.717, 1.165) is 25.7 Å². The highest BCUT2D eigenvalue weighted by atomic mass is 16.2. The number of rotatable bonds is 33. The second-order valence-electron chi connectivity index (χ2n) is 12.4. The molecule has 0 radical (unpaired) electrons. The van der Waals surface area contributed by atoms with E-state index >= 15 is 0 Å². The van der Waals surface area contributed by atoms with Gasteiger partial charge in [-0.25, -0.2) is 0 Å². The van der Waals surface area contributed by atoms with Crippen molar-refractivity contribution < 1.29 is 9.59 Å². The summed E-state index contributed by atoms with van der Waals surface area (Å²) in [6, 6.07) is 0. The van der Waals surface area contributed by atoms with Crippen LogP contribution < -0.4 is 10.6 Å². The molecule has 0 bridgehead atoms. The minimum atomic E-state index is 0.125. The predicted molar refractivity (Wildman–Crippen MR) is 176 cm³/mol. The van der Waals surface area contributed by atoms with Crippen LogP contribution in [0.2, 0.25) is 0 Å². The Labute approximate surface area is 251 Å². The maximum Gasteiger partial charge on any atom is 0.220 e. The van der Waals surface area contributed by atoms with Gasteiger partial charge in [-0.2, -0.15) is 0 Å². The molecule has 0 heterocycles. The van der Waals surface area contributed by atoms with Crippen molar-refractivity contribution >= 4 is 11.8 Å². The van der Waals surface area contributed by atoms with Crippen molar-refractivity contribution in [2.45, 2.75) is 206 Å². The summed E-state index contributed by atoms with van der Waals surface area (Å²) >= 11 is 0. The van der Waals surface area contributed by atoms with Gasteiger partial charge in [0.25, 0.3) is 0 Å². The Hall–Kier alpha value is -1.06. The van der Waals surface area contributed by atoms with Crippen molar-refractivity contribution in [3.05, 3.63) is 0 Å². The molecule has 0 aliphatic carbocycles. The third kappa shape index (κ3) is 33.1. The van der Waals surface area contributed by atoms with Gasteiger partial charge in [0.05, 0.1) is 0 Å². The van der Waals surface area contributed by atoms with E-state index in [9.17, 15) is 9.59 Å². The molecule has 0 atom stereocenters. The highest BCUT2D eigenvalue weighted by Gasteiger charge is 2.03. The van der Waals surface area contributed by atoms with E-state index in [1.165, 1.54) is 154 Å². The molecule has 238 valence electrons. The zero-order valence-corrected chi connectivity index (χ0v) is 27.4. The number of hydrogen-bond donors (Lipinski definition) is 2. The Morgan fingerprint density at radius 2 is 0.525 bits per heavy atom. The van der Waals surface area contributed by atoms with Crippen LogP contribution in [0.4, 0.5) is 0 Å². The van der Waals surface area contributed by atoms with E-state index < -0.39 is 0 Å². The first kappa shape index (κ1) is 38.9. The topological polar surface area (TPSA) is 58.2 Å². The molecule has 0 saturated heterocycles. The lowest BCUT2D eigenvalue weighted by Gasteiger charge is -2.07. The minimum Gasteiger partial charge on any atom is -0.354 e. The summed E-state index contributed by atoms with van der Waals surface area (Å²) in [5.41, 5.74) is 0. The Morgan fingerprint density at radius 3 is 0.750 bits per heavy atom. The van der Waals surface area contributed by atoms with E-state index in [2.05, 4.69) is 24.5 Å². The van der Waals surface area contributed by atoms with Crippen LogP contribution in [0.5, 0.6) is 0 Å². The molecule has 4 heteroatoms. The van der Waals surface area contributed by atoms with Crippen LogP contribution in [0.1, 0.15) is 206 Å². The molecular weight excluding hydrogens is 492 g/mol. The standard InChI is InChI=1S/C36H72N2O2/c1-3-5-7-9-11-13-15-17-18-20-22-24-26-28-30-32-36(40)38-34-33-37-35(39)31-29-27-25-23-21-19-16-14-12-10-8-6-4-2/h3-34H2,1-2H3,(H,37,39)(H,38,40). The normalized spacial score (nSPS) is 11.2. The van der Waals surface area contributed by atoms with E-state index in [-0.39, 0.29) is 11.8 Å². The highest BCUT2D eigenvalue weighted by Crippen LogP contribution is 2.14. The summed E-state index contributed by atoms with van der Waals surface area (Å²) in [7, 11) is 0. The third-order valence-corrected chi connectivity index (χ3v) is 8.28. The number of nitrogens with one attached hydrogen (secondary N) is 2. The first-order valence-corrected chi connectivity index (χ1v) is 18.2. The zero-order chi connectivity index (χ0) is 29.2. The summed E-state index contributed by atoms with van der Waals surface area (Å²) in [4.78, 5) is 24.0. The Kier molecular flexibility index (Phi) is 33.2. The van der Waals surface area contributed by atoms with Crippen molar-refractivity contribution in [3.8, 4) is 0 Å². The summed E-state index contributed by atoms with van der Waals surface area (Å²) in [6.45, 7) is 5.64. The van der Waals surface area contributed by atoms with Gasteiger partial charge >= 0.3 is 0 Å². The lowest BCUT2D eigenvalue weighted by atomic mass is 10.0. The van der Waals surface area contributed by atoms with Crippen LogP contribution in [-0.4, -0.2) is 24.9 Å². The van der Waals surface area contributed by atoms with Gasteiger partial charge in [-0.1, -0.05) is 181 Å². The van der Waals surface area contributed by atoms with Gasteiger partial charge in [0.2, 0.25) is 11.8 Å². The molecule has 0 spiro atoms. The summed E-state index contributed by atoms with van der Waals surface area (Å²) in [6.07, 6.45) is 38.5. The van der Waals surface area contributed by atoms with Gasteiger partial charge in [-0.3, -0.25) is 9.59 Å². The van der Waals surface area contributed by atoms with Crippen molar-refractivity contribution in [2.75, 3.05) is 13.1 Å². The molecule has 0 aliphatic rings. The second-order valence-corrected chi connectivity index (χ2v) is 12.4. The fourth-order valence-electron chi connectivity index (χ4n) is 5.54. The molecule has 40 heavy (non-hydrogen) atoms. The summed E-state index contributed by atoms with van der Waals surface area (Å²) < 4.78 is 0. The molecule has 4 nitrogen and oxygen atoms in total. The van der Waals surface area contributed by atoms with Gasteiger partial charge in [0.1, 0.15) is 0 Å². The first-order valence-electron chi connectivity index (χ1n) is 18.2. The molecular formula is C36H72N2O2. The van der Waals surface area contributed by atoms with Crippen molar-refractivity contribution in [3.63, 3.8) is 0 Å². The zero-order valence-electron chi connectivity index (χ0n) is 27.4. The Morgan fingerprint density at radius 1 is 0.325 bits per heavy atom. The van der Waals surface area contributed by atoms with Gasteiger partial charge in [-0.05, 0) is 12.8 Å². The minimum absolute atomic E-state index is 0.125. The molecule has 0 saturated carbocycles. The van der Waals surface area contributed by atoms with E-state index in [1.807, 2.05) is 0 Å². The molecule has 0 aromatic carbocycles. The smallest absolute Gasteiger partial charge is 0.220 e. The highest BCUT2D eigenvalue weighted by molar-refractivity contribution is 5.77. The number of unbranched alkanes of at least 4 members (excludes halogenated alkanes) is 26. The molecule has 0 aliphatic heterocycles. The molecule has 0 fully saturated rings. The lowest BCUT2D eigenvalue weighted by Crippen LogP contribution is -2.34. The number of carbonyl (C=O) groups excluding carboxylic acids is 2. The molecule has 2 N–H and O–H groups in total. The van der Waals surface area contributed by atoms with Crippen LogP contribution in [0.15, 0.2) is 0 Å². The van der Waals surface area contributed by atoms with Gasteiger partial charge in [0, 0.05) is 25.9 Å². The van der Waals surface area contributed by atoms with Gasteiger partial charge in [-0.15, -0.1) is 0 Å². The summed E-state index contributed by atoms with van der Waals surface area (Å²) in [5, 5.41) is 5.90. The maximum absolute atomic E-state index is 12.0. The Bertz CT molecular complexity index is 523. The van der Waals surface area contributed by atoms with E-state index in [0.29, 0.717) is 25.9 Å². The molecule has 0 aromatic rings. The van der Waals surface area contributed by atoms with Crippen LogP contribution in [-0.2, 0) is 9.59 Å². The molecule has 0 unspecified atom stereocenters. The number of hydrogen-bond acceptors (Lipinski definition) is 2. The fraction of sp³-hybridized carbons (Fsp3) is 0.944. The average Bonchev–Trinajstić information content (AvgIpc) is 2.95. The second kappa shape index (κ2) is 34.1. The SMILES string of the molecule is CCCCCCCCCCCCCCCCCC(=O)NCCNC(=O)CCCCCCCCCCCCCCC. The molecule has 2 amide bonds. The fourth-order valence-corrected chi connectivity index (χ4v) is 5.54. The maximum atomic E-state index is 12.0. The van der Waals surface area contributed by atoms with Crippen LogP contribution in [0.3, 0.4) is 0 Å². The predicted octanol–water partition coefficient (Wildman–Crippen LogP) is 11.0. The quantitative estimate of drug-likeness (QED) is 0.0779. The van der Waals surface area contributed by atoms with Crippen LogP contribution in [0, 0.1) is 0 Å². The summed E-state index contributed by atoms with van der Waals surface area (Å²) in [5.74, 6) is 0.250. The van der Waals surface area contributed by atoms with Crippen molar-refractivity contribution in [2.24, 2.45) is 0 Å². The monoisotopic (exact) mass is 565 g/mol. The lowest BCUT2D eigenvalue weighted by molar-refractivity contribution is -0.123. The number of amides is 2.